The molecule has 9 nitrogen and oxygen atoms in total. The van der Waals surface area contributed by atoms with E-state index in [9.17, 15) is 18.0 Å². The van der Waals surface area contributed by atoms with Crippen molar-refractivity contribution in [3.63, 3.8) is 0 Å². The highest BCUT2D eigenvalue weighted by atomic mass is 19.4. The number of alkyl halides is 3. The summed E-state index contributed by atoms with van der Waals surface area (Å²) in [6.07, 6.45) is -3.08. The maximum Gasteiger partial charge on any atom is 0.416 e. The van der Waals surface area contributed by atoms with Crippen molar-refractivity contribution in [2.24, 2.45) is 0 Å². The van der Waals surface area contributed by atoms with Crippen molar-refractivity contribution in [3.8, 4) is 5.82 Å². The van der Waals surface area contributed by atoms with E-state index in [1.54, 1.807) is 29.9 Å². The number of carbonyl (C=O) groups is 1. The summed E-state index contributed by atoms with van der Waals surface area (Å²) in [5.41, 5.74) is 2.09. The van der Waals surface area contributed by atoms with Gasteiger partial charge in [-0.2, -0.15) is 23.0 Å². The van der Waals surface area contributed by atoms with E-state index >= 15 is 0 Å². The topological polar surface area (TPSA) is 109 Å². The number of amides is 2. The zero-order chi connectivity index (χ0) is 26.7. The Morgan fingerprint density at radius 1 is 0.892 bits per heavy atom. The van der Waals surface area contributed by atoms with E-state index in [4.69, 9.17) is 0 Å². The maximum atomic E-state index is 13.2. The lowest BCUT2D eigenvalue weighted by molar-refractivity contribution is -0.138. The van der Waals surface area contributed by atoms with Gasteiger partial charge in [0.05, 0.1) is 11.3 Å². The molecule has 0 spiro atoms. The van der Waals surface area contributed by atoms with Gasteiger partial charge < -0.3 is 21.3 Å². The minimum absolute atomic E-state index is 0.0334. The number of hydrogen-bond donors (Lipinski definition) is 4. The molecule has 12 heteroatoms. The number of aromatic nitrogens is 4. The monoisotopic (exact) mass is 510 g/mol. The zero-order valence-electron chi connectivity index (χ0n) is 20.5. The molecule has 2 amide bonds. The molecule has 0 fully saturated rings. The summed E-state index contributed by atoms with van der Waals surface area (Å²) in [4.78, 5) is 20.9. The van der Waals surface area contributed by atoms with Crippen molar-refractivity contribution in [3.05, 3.63) is 77.2 Å². The van der Waals surface area contributed by atoms with Crippen LogP contribution in [0.5, 0.6) is 0 Å². The molecule has 0 aliphatic heterocycles. The molecule has 2 aromatic heterocycles. The normalized spacial score (nSPS) is 11.2. The van der Waals surface area contributed by atoms with Crippen LogP contribution in [0.1, 0.15) is 22.4 Å². The minimum atomic E-state index is -4.51. The lowest BCUT2D eigenvalue weighted by atomic mass is 10.1. The molecule has 0 saturated carbocycles. The largest absolute Gasteiger partial charge is 0.416 e. The molecule has 0 bridgehead atoms. The molecular formula is C25H25F3N8O. The van der Waals surface area contributed by atoms with Crippen molar-refractivity contribution in [1.82, 2.24) is 19.7 Å². The molecule has 4 aromatic rings. The molecular weight excluding hydrogens is 485 g/mol. The predicted molar refractivity (Wildman–Crippen MR) is 137 cm³/mol. The first-order valence-electron chi connectivity index (χ1n) is 11.2. The number of anilines is 5. The van der Waals surface area contributed by atoms with Crippen LogP contribution in [0.2, 0.25) is 0 Å². The summed E-state index contributed by atoms with van der Waals surface area (Å²) < 4.78 is 41.2. The van der Waals surface area contributed by atoms with E-state index in [2.05, 4.69) is 36.3 Å². The second kappa shape index (κ2) is 10.2. The lowest BCUT2D eigenvalue weighted by Gasteiger charge is -2.15. The fourth-order valence-corrected chi connectivity index (χ4v) is 3.63. The van der Waals surface area contributed by atoms with Gasteiger partial charge in [0.2, 0.25) is 0 Å². The van der Waals surface area contributed by atoms with Crippen LogP contribution in [0.25, 0.3) is 5.82 Å². The summed E-state index contributed by atoms with van der Waals surface area (Å²) in [6, 6.07) is 11.8. The Morgan fingerprint density at radius 3 is 2.24 bits per heavy atom. The summed E-state index contributed by atoms with van der Waals surface area (Å²) >= 11 is 0. The van der Waals surface area contributed by atoms with E-state index in [0.29, 0.717) is 28.8 Å². The first-order valence-corrected chi connectivity index (χ1v) is 11.2. The number of nitrogens with one attached hydrogen (secondary N) is 4. The maximum absolute atomic E-state index is 13.2. The summed E-state index contributed by atoms with van der Waals surface area (Å²) in [5, 5.41) is 15.9. The molecule has 0 aliphatic carbocycles. The molecule has 0 radical (unpaired) electrons. The highest BCUT2D eigenvalue weighted by molar-refractivity contribution is 6.00. The van der Waals surface area contributed by atoms with Gasteiger partial charge in [-0.15, -0.1) is 0 Å². The standard InChI is InChI=1S/C25H25F3N8O/c1-14-5-7-17(10-19(14)25(26,27)28)32-24(37)33-18-8-6-15(2)20(11-18)34-23-9-16(3)35-36(23)22-12-21(29-4)30-13-31-22/h5-13,34H,1-4H3,(H,29,30,31)(H2,32,33,37). The number of carbonyl (C=O) groups excluding carboxylic acids is 1. The molecule has 2 aromatic carbocycles. The third-order valence-electron chi connectivity index (χ3n) is 5.52. The highest BCUT2D eigenvalue weighted by Gasteiger charge is 2.32. The van der Waals surface area contributed by atoms with Crippen molar-refractivity contribution < 1.29 is 18.0 Å². The quantitative estimate of drug-likeness (QED) is 0.252. The number of rotatable bonds is 6. The Bertz CT molecular complexity index is 1450. The van der Waals surface area contributed by atoms with Crippen molar-refractivity contribution in [2.45, 2.75) is 26.9 Å². The minimum Gasteiger partial charge on any atom is -0.373 e. The van der Waals surface area contributed by atoms with Gasteiger partial charge in [0.1, 0.15) is 18.0 Å². The molecule has 2 heterocycles. The van der Waals surface area contributed by atoms with Crippen LogP contribution in [0.4, 0.5) is 46.7 Å². The summed E-state index contributed by atoms with van der Waals surface area (Å²) in [5.74, 6) is 1.83. The average Bonchev–Trinajstić information content (AvgIpc) is 3.21. The van der Waals surface area contributed by atoms with E-state index in [0.717, 1.165) is 17.3 Å². The van der Waals surface area contributed by atoms with Gasteiger partial charge in [0.25, 0.3) is 0 Å². The molecule has 37 heavy (non-hydrogen) atoms. The number of benzene rings is 2. The van der Waals surface area contributed by atoms with Crippen molar-refractivity contribution in [1.29, 1.82) is 0 Å². The van der Waals surface area contributed by atoms with Crippen LogP contribution < -0.4 is 21.3 Å². The van der Waals surface area contributed by atoms with E-state index in [1.807, 2.05) is 26.0 Å². The molecule has 0 unspecified atom stereocenters. The Hall–Kier alpha value is -4.61. The van der Waals surface area contributed by atoms with Crippen molar-refractivity contribution in [2.75, 3.05) is 28.3 Å². The Kier molecular flexibility index (Phi) is 7.00. The third kappa shape index (κ3) is 5.97. The molecule has 4 N–H and O–H groups in total. The Morgan fingerprint density at radius 2 is 1.57 bits per heavy atom. The second-order valence-electron chi connectivity index (χ2n) is 8.36. The van der Waals surface area contributed by atoms with E-state index < -0.39 is 17.8 Å². The number of nitrogens with zero attached hydrogens (tertiary/aromatic N) is 4. The van der Waals surface area contributed by atoms with Crippen LogP contribution in [0.3, 0.4) is 0 Å². The third-order valence-corrected chi connectivity index (χ3v) is 5.52. The summed E-state index contributed by atoms with van der Waals surface area (Å²) in [7, 11) is 1.76. The summed E-state index contributed by atoms with van der Waals surface area (Å²) in [6.45, 7) is 5.12. The molecule has 0 aliphatic rings. The smallest absolute Gasteiger partial charge is 0.373 e. The zero-order valence-corrected chi connectivity index (χ0v) is 20.5. The average molecular weight is 511 g/mol. The fraction of sp³-hybridized carbons (Fsp3) is 0.200. The van der Waals surface area contributed by atoms with E-state index in [1.165, 1.54) is 25.4 Å². The van der Waals surface area contributed by atoms with Gasteiger partial charge >= 0.3 is 12.2 Å². The molecule has 0 saturated heterocycles. The van der Waals surface area contributed by atoms with Crippen LogP contribution in [0, 0.1) is 20.8 Å². The Balaban J connectivity index is 1.53. The predicted octanol–water partition coefficient (Wildman–Crippen LogP) is 6.04. The van der Waals surface area contributed by atoms with Gasteiger partial charge in [0.15, 0.2) is 5.82 Å². The van der Waals surface area contributed by atoms with Gasteiger partial charge in [-0.25, -0.2) is 14.8 Å². The number of halogens is 3. The van der Waals surface area contributed by atoms with Crippen LogP contribution >= 0.6 is 0 Å². The second-order valence-corrected chi connectivity index (χ2v) is 8.36. The number of hydrogen-bond acceptors (Lipinski definition) is 6. The molecule has 4 rings (SSSR count). The van der Waals surface area contributed by atoms with Gasteiger partial charge in [-0.3, -0.25) is 0 Å². The van der Waals surface area contributed by atoms with Crippen LogP contribution in [-0.2, 0) is 6.18 Å². The van der Waals surface area contributed by atoms with Gasteiger partial charge in [-0.05, 0) is 56.2 Å². The lowest BCUT2D eigenvalue weighted by Crippen LogP contribution is -2.20. The van der Waals surface area contributed by atoms with Crippen LogP contribution in [-0.4, -0.2) is 32.8 Å². The SMILES string of the molecule is CNc1cc(-n2nc(C)cc2Nc2cc(NC(=O)Nc3ccc(C)c(C(F)(F)F)c3)ccc2C)ncn1. The fourth-order valence-electron chi connectivity index (χ4n) is 3.63. The molecule has 0 atom stereocenters. The highest BCUT2D eigenvalue weighted by Crippen LogP contribution is 2.33. The number of urea groups is 1. The van der Waals surface area contributed by atoms with Crippen molar-refractivity contribution >= 4 is 34.7 Å². The molecule has 192 valence electrons. The first-order chi connectivity index (χ1) is 17.5. The van der Waals surface area contributed by atoms with Gasteiger partial charge in [0, 0.05) is 36.2 Å². The van der Waals surface area contributed by atoms with Crippen LogP contribution in [0.15, 0.2) is 54.9 Å². The van der Waals surface area contributed by atoms with Gasteiger partial charge in [-0.1, -0.05) is 12.1 Å². The first kappa shape index (κ1) is 25.5. The van der Waals surface area contributed by atoms with E-state index in [-0.39, 0.29) is 11.3 Å². The number of aryl methyl sites for hydroxylation is 3. The Labute approximate surface area is 211 Å².